The van der Waals surface area contributed by atoms with Crippen LogP contribution < -0.4 is 0 Å². The number of benzene rings is 1. The molecule has 1 N–H and O–H groups in total. The second-order valence-corrected chi connectivity index (χ2v) is 4.49. The average Bonchev–Trinajstić information content (AvgIpc) is 2.75. The molecule has 4 heteroatoms. The molecule has 0 saturated heterocycles. The molecular formula is C13H15ClO3. The van der Waals surface area contributed by atoms with Gasteiger partial charge in [0.25, 0.3) is 0 Å². The first kappa shape index (κ1) is 12.4. The fourth-order valence-corrected chi connectivity index (χ4v) is 2.06. The first-order valence-electron chi connectivity index (χ1n) is 5.50. The molecule has 0 fully saturated rings. The Morgan fingerprint density at radius 3 is 2.82 bits per heavy atom. The van der Waals surface area contributed by atoms with Crippen molar-refractivity contribution in [2.75, 3.05) is 13.7 Å². The monoisotopic (exact) mass is 254 g/mol. The van der Waals surface area contributed by atoms with E-state index < -0.39 is 5.60 Å². The van der Waals surface area contributed by atoms with Crippen molar-refractivity contribution in [2.45, 2.75) is 18.9 Å². The molecule has 2 rings (SSSR count). The smallest absolute Gasteiger partial charge is 0.153 e. The van der Waals surface area contributed by atoms with Crippen LogP contribution in [0.5, 0.6) is 0 Å². The Bertz CT molecular complexity index is 520. The number of halogens is 1. The molecule has 17 heavy (non-hydrogen) atoms. The molecule has 1 atom stereocenters. The van der Waals surface area contributed by atoms with Crippen LogP contribution in [0.2, 0.25) is 5.02 Å². The van der Waals surface area contributed by atoms with Gasteiger partial charge in [-0.3, -0.25) is 0 Å². The zero-order valence-corrected chi connectivity index (χ0v) is 10.6. The third kappa shape index (κ3) is 2.18. The molecule has 2 aromatic rings. The Morgan fingerprint density at radius 2 is 2.24 bits per heavy atom. The molecule has 0 bridgehead atoms. The van der Waals surface area contributed by atoms with Crippen molar-refractivity contribution >= 4 is 22.6 Å². The van der Waals surface area contributed by atoms with Gasteiger partial charge >= 0.3 is 0 Å². The molecule has 1 unspecified atom stereocenters. The van der Waals surface area contributed by atoms with Gasteiger partial charge in [0.05, 0.1) is 11.6 Å². The predicted octanol–water partition coefficient (Wildman–Crippen LogP) is 3.33. The lowest BCUT2D eigenvalue weighted by molar-refractivity contribution is -0.0525. The van der Waals surface area contributed by atoms with Crippen molar-refractivity contribution < 1.29 is 14.3 Å². The summed E-state index contributed by atoms with van der Waals surface area (Å²) in [7, 11) is 1.55. The van der Waals surface area contributed by atoms with E-state index >= 15 is 0 Å². The van der Waals surface area contributed by atoms with Crippen LogP contribution in [-0.2, 0) is 10.3 Å². The summed E-state index contributed by atoms with van der Waals surface area (Å²) in [5.74, 6) is 0.491. The highest BCUT2D eigenvalue weighted by Crippen LogP contribution is 2.33. The van der Waals surface area contributed by atoms with E-state index in [4.69, 9.17) is 20.8 Å². The second-order valence-electron chi connectivity index (χ2n) is 4.09. The number of fused-ring (bicyclic) bond motifs is 1. The van der Waals surface area contributed by atoms with Gasteiger partial charge in [0.1, 0.15) is 11.4 Å². The summed E-state index contributed by atoms with van der Waals surface area (Å²) < 4.78 is 10.7. The van der Waals surface area contributed by atoms with E-state index in [2.05, 4.69) is 0 Å². The number of methoxy groups -OCH3 is 1. The van der Waals surface area contributed by atoms with Crippen LogP contribution in [0.3, 0.4) is 0 Å². The van der Waals surface area contributed by atoms with Gasteiger partial charge in [-0.15, -0.1) is 0 Å². The van der Waals surface area contributed by atoms with Crippen molar-refractivity contribution in [3.8, 4) is 0 Å². The topological polar surface area (TPSA) is 42.6 Å². The lowest BCUT2D eigenvalue weighted by atomic mass is 9.98. The molecule has 0 aliphatic heterocycles. The predicted molar refractivity (Wildman–Crippen MR) is 67.3 cm³/mol. The SMILES string of the molecule is CCC(O)(COC)c1cc2cccc(Cl)c2o1. The first-order chi connectivity index (χ1) is 8.10. The minimum atomic E-state index is -1.10. The fraction of sp³-hybridized carbons (Fsp3) is 0.385. The van der Waals surface area contributed by atoms with Crippen molar-refractivity contribution in [1.82, 2.24) is 0 Å². The van der Waals surface area contributed by atoms with Gasteiger partial charge in [-0.1, -0.05) is 30.7 Å². The normalized spacial score (nSPS) is 15.1. The van der Waals surface area contributed by atoms with E-state index in [1.165, 1.54) is 0 Å². The molecule has 1 heterocycles. The van der Waals surface area contributed by atoms with E-state index in [-0.39, 0.29) is 6.61 Å². The third-order valence-electron chi connectivity index (χ3n) is 2.92. The van der Waals surface area contributed by atoms with Gasteiger partial charge in [0.15, 0.2) is 5.58 Å². The number of ether oxygens (including phenoxy) is 1. The zero-order chi connectivity index (χ0) is 12.5. The zero-order valence-electron chi connectivity index (χ0n) is 9.87. The number of furan rings is 1. The number of hydrogen-bond donors (Lipinski definition) is 1. The Balaban J connectivity index is 2.52. The minimum absolute atomic E-state index is 0.195. The lowest BCUT2D eigenvalue weighted by Crippen LogP contribution is -2.29. The fourth-order valence-electron chi connectivity index (χ4n) is 1.84. The van der Waals surface area contributed by atoms with Gasteiger partial charge in [-0.25, -0.2) is 0 Å². The average molecular weight is 255 g/mol. The maximum atomic E-state index is 10.4. The molecule has 3 nitrogen and oxygen atoms in total. The van der Waals surface area contributed by atoms with Crippen LogP contribution in [-0.4, -0.2) is 18.8 Å². The second kappa shape index (κ2) is 4.69. The molecule has 1 aromatic carbocycles. The summed E-state index contributed by atoms with van der Waals surface area (Å²) in [6, 6.07) is 7.32. The Kier molecular flexibility index (Phi) is 3.43. The molecule has 0 amide bonds. The van der Waals surface area contributed by atoms with E-state index in [1.54, 1.807) is 13.2 Å². The summed E-state index contributed by atoms with van der Waals surface area (Å²) in [4.78, 5) is 0. The summed E-state index contributed by atoms with van der Waals surface area (Å²) in [5.41, 5.74) is -0.496. The summed E-state index contributed by atoms with van der Waals surface area (Å²) >= 11 is 6.03. The van der Waals surface area contributed by atoms with Crippen LogP contribution in [0.15, 0.2) is 28.7 Å². The molecule has 92 valence electrons. The highest BCUT2D eigenvalue weighted by Gasteiger charge is 2.31. The maximum Gasteiger partial charge on any atom is 0.153 e. The summed E-state index contributed by atoms with van der Waals surface area (Å²) in [6.07, 6.45) is 0.512. The molecule has 0 aliphatic rings. The Morgan fingerprint density at radius 1 is 1.47 bits per heavy atom. The van der Waals surface area contributed by atoms with Gasteiger partial charge in [0.2, 0.25) is 0 Å². The van der Waals surface area contributed by atoms with E-state index in [1.807, 2.05) is 25.1 Å². The van der Waals surface area contributed by atoms with Gasteiger partial charge in [-0.05, 0) is 18.6 Å². The quantitative estimate of drug-likeness (QED) is 0.910. The van der Waals surface area contributed by atoms with Crippen molar-refractivity contribution in [2.24, 2.45) is 0 Å². The number of hydrogen-bond acceptors (Lipinski definition) is 3. The maximum absolute atomic E-state index is 10.4. The van der Waals surface area contributed by atoms with Crippen LogP contribution in [0.25, 0.3) is 11.0 Å². The molecule has 0 saturated carbocycles. The summed E-state index contributed by atoms with van der Waals surface area (Å²) in [5, 5.41) is 11.9. The first-order valence-corrected chi connectivity index (χ1v) is 5.88. The molecule has 0 aliphatic carbocycles. The third-order valence-corrected chi connectivity index (χ3v) is 3.22. The van der Waals surface area contributed by atoms with E-state index in [9.17, 15) is 5.11 Å². The molecular weight excluding hydrogens is 240 g/mol. The number of aliphatic hydroxyl groups is 1. The van der Waals surface area contributed by atoms with Gasteiger partial charge in [0, 0.05) is 12.5 Å². The standard InChI is InChI=1S/C13H15ClO3/c1-3-13(15,8-16-2)11-7-9-5-4-6-10(14)12(9)17-11/h4-7,15H,3,8H2,1-2H3. The van der Waals surface area contributed by atoms with E-state index in [0.717, 1.165) is 5.39 Å². The van der Waals surface area contributed by atoms with Gasteiger partial charge < -0.3 is 14.3 Å². The molecule has 1 aromatic heterocycles. The van der Waals surface area contributed by atoms with Crippen molar-refractivity contribution in [1.29, 1.82) is 0 Å². The van der Waals surface area contributed by atoms with Crippen molar-refractivity contribution in [3.63, 3.8) is 0 Å². The van der Waals surface area contributed by atoms with Crippen LogP contribution >= 0.6 is 11.6 Å². The highest BCUT2D eigenvalue weighted by molar-refractivity contribution is 6.34. The number of rotatable bonds is 4. The largest absolute Gasteiger partial charge is 0.456 e. The van der Waals surface area contributed by atoms with Crippen LogP contribution in [0.4, 0.5) is 0 Å². The minimum Gasteiger partial charge on any atom is -0.456 e. The Labute approximate surface area is 105 Å². The Hall–Kier alpha value is -1.03. The van der Waals surface area contributed by atoms with Crippen molar-refractivity contribution in [3.05, 3.63) is 35.0 Å². The number of para-hydroxylation sites is 1. The highest BCUT2D eigenvalue weighted by atomic mass is 35.5. The summed E-state index contributed by atoms with van der Waals surface area (Å²) in [6.45, 7) is 2.08. The van der Waals surface area contributed by atoms with Gasteiger partial charge in [-0.2, -0.15) is 0 Å². The van der Waals surface area contributed by atoms with Crippen LogP contribution in [0.1, 0.15) is 19.1 Å². The lowest BCUT2D eigenvalue weighted by Gasteiger charge is -2.22. The van der Waals surface area contributed by atoms with Crippen LogP contribution in [0, 0.1) is 0 Å². The molecule has 0 spiro atoms. The molecule has 0 radical (unpaired) electrons. The van der Waals surface area contributed by atoms with E-state index in [0.29, 0.717) is 22.8 Å².